The highest BCUT2D eigenvalue weighted by atomic mass is 35.5. The average Bonchev–Trinajstić information content (AvgIpc) is 2.88. The van der Waals surface area contributed by atoms with Crippen LogP contribution in [0.1, 0.15) is 42.5 Å². The molecule has 27 heavy (non-hydrogen) atoms. The third kappa shape index (κ3) is 5.38. The molecule has 2 aromatic rings. The van der Waals surface area contributed by atoms with E-state index < -0.39 is 0 Å². The molecule has 0 saturated carbocycles. The lowest BCUT2D eigenvalue weighted by Crippen LogP contribution is -2.12. The second-order valence-electron chi connectivity index (χ2n) is 6.39. The number of carbonyl (C=O) groups is 1. The third-order valence-electron chi connectivity index (χ3n) is 4.41. The Bertz CT molecular complexity index is 896. The number of hydrogen-bond acceptors (Lipinski definition) is 4. The molecule has 1 aromatic heterocycles. The molecular weight excluding hydrogens is 401 g/mol. The molecule has 1 aliphatic carbocycles. The van der Waals surface area contributed by atoms with Crippen molar-refractivity contribution in [3.63, 3.8) is 0 Å². The van der Waals surface area contributed by atoms with Gasteiger partial charge in [0.2, 0.25) is 5.91 Å². The van der Waals surface area contributed by atoms with Gasteiger partial charge in [-0.25, -0.2) is 4.98 Å². The summed E-state index contributed by atoms with van der Waals surface area (Å²) in [5, 5.41) is 13.9. The van der Waals surface area contributed by atoms with Crippen molar-refractivity contribution >= 4 is 46.6 Å². The first-order chi connectivity index (χ1) is 13.1. The first kappa shape index (κ1) is 20.0. The van der Waals surface area contributed by atoms with Crippen molar-refractivity contribution in [2.45, 2.75) is 43.6 Å². The van der Waals surface area contributed by atoms with Crippen LogP contribution in [-0.4, -0.2) is 16.6 Å². The Hall–Kier alpha value is -1.74. The molecule has 0 saturated heterocycles. The van der Waals surface area contributed by atoms with Crippen LogP contribution in [-0.2, 0) is 17.6 Å². The molecule has 1 N–H and O–H groups in total. The number of thioether (sulfide) groups is 1. The van der Waals surface area contributed by atoms with Crippen molar-refractivity contribution < 1.29 is 4.79 Å². The second-order valence-corrected chi connectivity index (χ2v) is 8.32. The van der Waals surface area contributed by atoms with Gasteiger partial charge in [0.25, 0.3) is 0 Å². The third-order valence-corrected chi connectivity index (χ3v) is 5.95. The summed E-state index contributed by atoms with van der Waals surface area (Å²) in [6.07, 6.45) is 5.75. The summed E-state index contributed by atoms with van der Waals surface area (Å²) in [5.74, 6) is 0.400. The van der Waals surface area contributed by atoms with Crippen LogP contribution >= 0.6 is 35.0 Å². The van der Waals surface area contributed by atoms with E-state index in [0.717, 1.165) is 36.4 Å². The summed E-state index contributed by atoms with van der Waals surface area (Å²) in [6.45, 7) is 0. The number of anilines is 1. The Kier molecular flexibility index (Phi) is 7.01. The van der Waals surface area contributed by atoms with Gasteiger partial charge in [0.05, 0.1) is 16.3 Å². The van der Waals surface area contributed by atoms with Crippen LogP contribution in [0.15, 0.2) is 29.3 Å². The minimum atomic E-state index is -0.139. The summed E-state index contributed by atoms with van der Waals surface area (Å²) in [4.78, 5) is 16.9. The zero-order valence-corrected chi connectivity index (χ0v) is 17.1. The number of pyridine rings is 1. The normalized spacial score (nSPS) is 13.4. The van der Waals surface area contributed by atoms with Crippen molar-refractivity contribution in [3.8, 4) is 6.07 Å². The van der Waals surface area contributed by atoms with E-state index >= 15 is 0 Å². The van der Waals surface area contributed by atoms with E-state index in [1.54, 1.807) is 18.2 Å². The number of hydrogen-bond donors (Lipinski definition) is 1. The van der Waals surface area contributed by atoms with Crippen molar-refractivity contribution in [3.05, 3.63) is 51.1 Å². The molecule has 0 fully saturated rings. The SMILES string of the molecule is N#Cc1cc2c(nc1SCCC(=O)Nc1ccc(Cl)cc1Cl)CCCCC2. The minimum Gasteiger partial charge on any atom is -0.325 e. The van der Waals surface area contributed by atoms with E-state index in [2.05, 4.69) is 11.4 Å². The fourth-order valence-corrected chi connectivity index (χ4v) is 4.40. The monoisotopic (exact) mass is 419 g/mol. The molecule has 0 radical (unpaired) electrons. The molecule has 1 aliphatic rings. The van der Waals surface area contributed by atoms with Gasteiger partial charge >= 0.3 is 0 Å². The minimum absolute atomic E-state index is 0.139. The lowest BCUT2D eigenvalue weighted by molar-refractivity contribution is -0.115. The van der Waals surface area contributed by atoms with Gasteiger partial charge in [0.1, 0.15) is 11.1 Å². The fourth-order valence-electron chi connectivity index (χ4n) is 3.03. The fraction of sp³-hybridized carbons (Fsp3) is 0.350. The van der Waals surface area contributed by atoms with Crippen molar-refractivity contribution in [2.24, 2.45) is 0 Å². The van der Waals surface area contributed by atoms with Crippen LogP contribution in [0.3, 0.4) is 0 Å². The Morgan fingerprint density at radius 1 is 1.22 bits per heavy atom. The van der Waals surface area contributed by atoms with Crippen LogP contribution in [0, 0.1) is 11.3 Å². The molecule has 1 heterocycles. The average molecular weight is 420 g/mol. The van der Waals surface area contributed by atoms with Gasteiger partial charge in [-0.3, -0.25) is 4.79 Å². The van der Waals surface area contributed by atoms with Gasteiger partial charge in [0.15, 0.2) is 0 Å². The predicted molar refractivity (Wildman–Crippen MR) is 111 cm³/mol. The Balaban J connectivity index is 1.60. The molecule has 0 aliphatic heterocycles. The molecule has 0 atom stereocenters. The molecular formula is C20H19Cl2N3OS. The number of halogens is 2. The molecule has 7 heteroatoms. The molecule has 0 bridgehead atoms. The van der Waals surface area contributed by atoms with Gasteiger partial charge in [-0.2, -0.15) is 5.26 Å². The summed E-state index contributed by atoms with van der Waals surface area (Å²) in [6, 6.07) is 9.16. The van der Waals surface area contributed by atoms with Crippen molar-refractivity contribution in [2.75, 3.05) is 11.1 Å². The van der Waals surface area contributed by atoms with E-state index in [0.29, 0.717) is 33.5 Å². The zero-order chi connectivity index (χ0) is 19.2. The molecule has 0 unspecified atom stereocenters. The summed E-state index contributed by atoms with van der Waals surface area (Å²) in [5.41, 5.74) is 3.44. The maximum absolute atomic E-state index is 12.2. The van der Waals surface area contributed by atoms with Gasteiger partial charge in [-0.15, -0.1) is 11.8 Å². The van der Waals surface area contributed by atoms with E-state index in [1.165, 1.54) is 23.7 Å². The summed E-state index contributed by atoms with van der Waals surface area (Å²) >= 11 is 13.4. The van der Waals surface area contributed by atoms with E-state index in [4.69, 9.17) is 28.2 Å². The number of nitriles is 1. The number of carbonyl (C=O) groups excluding carboxylic acids is 1. The van der Waals surface area contributed by atoms with Crippen molar-refractivity contribution in [1.29, 1.82) is 5.26 Å². The maximum atomic E-state index is 12.2. The quantitative estimate of drug-likeness (QED) is 0.502. The number of aromatic nitrogens is 1. The largest absolute Gasteiger partial charge is 0.325 e. The highest BCUT2D eigenvalue weighted by Crippen LogP contribution is 2.28. The highest BCUT2D eigenvalue weighted by Gasteiger charge is 2.15. The van der Waals surface area contributed by atoms with Gasteiger partial charge in [-0.1, -0.05) is 29.6 Å². The Labute approximate surface area is 173 Å². The predicted octanol–water partition coefficient (Wildman–Crippen LogP) is 5.65. The topological polar surface area (TPSA) is 65.8 Å². The van der Waals surface area contributed by atoms with Gasteiger partial charge < -0.3 is 5.32 Å². The lowest BCUT2D eigenvalue weighted by atomic mass is 10.1. The van der Waals surface area contributed by atoms with Crippen LogP contribution in [0.25, 0.3) is 0 Å². The van der Waals surface area contributed by atoms with Gasteiger partial charge in [0, 0.05) is 22.9 Å². The standard InChI is InChI=1S/C20H19Cl2N3OS/c21-15-6-7-18(16(22)11-15)24-19(26)8-9-27-20-14(12-23)10-13-4-2-1-3-5-17(13)25-20/h6-7,10-11H,1-5,8-9H2,(H,24,26). The number of rotatable bonds is 5. The molecule has 0 spiro atoms. The second kappa shape index (κ2) is 9.45. The summed E-state index contributed by atoms with van der Waals surface area (Å²) in [7, 11) is 0. The number of amides is 1. The van der Waals surface area contributed by atoms with Crippen molar-refractivity contribution in [1.82, 2.24) is 4.98 Å². The number of nitrogens with one attached hydrogen (secondary N) is 1. The van der Waals surface area contributed by atoms with Gasteiger partial charge in [-0.05, 0) is 55.5 Å². The first-order valence-electron chi connectivity index (χ1n) is 8.87. The van der Waals surface area contributed by atoms with Crippen LogP contribution in [0.2, 0.25) is 10.0 Å². The first-order valence-corrected chi connectivity index (χ1v) is 10.6. The van der Waals surface area contributed by atoms with Crippen LogP contribution in [0.5, 0.6) is 0 Å². The lowest BCUT2D eigenvalue weighted by Gasteiger charge is -2.10. The zero-order valence-electron chi connectivity index (χ0n) is 14.7. The number of fused-ring (bicyclic) bond motifs is 1. The molecule has 140 valence electrons. The van der Waals surface area contributed by atoms with E-state index in [1.807, 2.05) is 6.07 Å². The molecule has 1 aromatic carbocycles. The van der Waals surface area contributed by atoms with E-state index in [9.17, 15) is 10.1 Å². The van der Waals surface area contributed by atoms with Crippen LogP contribution in [0.4, 0.5) is 5.69 Å². The Morgan fingerprint density at radius 3 is 2.81 bits per heavy atom. The highest BCUT2D eigenvalue weighted by molar-refractivity contribution is 7.99. The molecule has 1 amide bonds. The molecule has 3 rings (SSSR count). The smallest absolute Gasteiger partial charge is 0.225 e. The van der Waals surface area contributed by atoms with Crippen LogP contribution < -0.4 is 5.32 Å². The number of aryl methyl sites for hydroxylation is 2. The number of nitrogens with zero attached hydrogens (tertiary/aromatic N) is 2. The summed E-state index contributed by atoms with van der Waals surface area (Å²) < 4.78 is 0. The maximum Gasteiger partial charge on any atom is 0.225 e. The Morgan fingerprint density at radius 2 is 2.04 bits per heavy atom. The molecule has 4 nitrogen and oxygen atoms in total. The van der Waals surface area contributed by atoms with E-state index in [-0.39, 0.29) is 5.91 Å². The number of benzene rings is 1.